The molecule has 7 heteroatoms. The van der Waals surface area contributed by atoms with Gasteiger partial charge in [-0.2, -0.15) is 5.26 Å². The molecule has 0 aliphatic rings. The minimum atomic E-state index is -0.541. The van der Waals surface area contributed by atoms with Crippen LogP contribution in [0.3, 0.4) is 0 Å². The first-order valence-corrected chi connectivity index (χ1v) is 12.4. The summed E-state index contributed by atoms with van der Waals surface area (Å²) in [4.78, 5) is 26.8. The van der Waals surface area contributed by atoms with Crippen LogP contribution in [0.25, 0.3) is 17.3 Å². The molecule has 1 atom stereocenters. The third-order valence-electron chi connectivity index (χ3n) is 5.54. The maximum absolute atomic E-state index is 13.6. The van der Waals surface area contributed by atoms with Crippen LogP contribution in [0.2, 0.25) is 0 Å². The summed E-state index contributed by atoms with van der Waals surface area (Å²) in [7, 11) is 0. The number of carbonyl (C=O) groups is 1. The molecule has 1 N–H and O–H groups in total. The van der Waals surface area contributed by atoms with Gasteiger partial charge in [0.25, 0.3) is 11.5 Å². The van der Waals surface area contributed by atoms with Crippen molar-refractivity contribution in [1.29, 1.82) is 5.26 Å². The molecule has 1 unspecified atom stereocenters. The second kappa shape index (κ2) is 11.3. The number of hydrogen-bond donors (Lipinski definition) is 1. The maximum Gasteiger partial charge on any atom is 0.273 e. The maximum atomic E-state index is 13.6. The van der Waals surface area contributed by atoms with Gasteiger partial charge in [0.15, 0.2) is 5.57 Å². The number of ether oxygens (including phenoxy) is 1. The summed E-state index contributed by atoms with van der Waals surface area (Å²) in [5, 5.41) is 12.9. The number of thiazole rings is 1. The van der Waals surface area contributed by atoms with Gasteiger partial charge < -0.3 is 10.1 Å². The van der Waals surface area contributed by atoms with Crippen LogP contribution in [0.5, 0.6) is 5.75 Å². The van der Waals surface area contributed by atoms with E-state index in [1.54, 1.807) is 30.3 Å². The lowest BCUT2D eigenvalue weighted by molar-refractivity contribution is -0.116. The third kappa shape index (κ3) is 5.29. The minimum absolute atomic E-state index is 0.124. The summed E-state index contributed by atoms with van der Waals surface area (Å²) in [6, 6.07) is 27.6. The zero-order valence-corrected chi connectivity index (χ0v) is 20.8. The SMILES string of the molecule is CCOc1ccccc1/C=c1/s/c(=C(\C#N)C(=O)NC(C)c2ccccc2)n(-c2ccccc2)c1=O. The minimum Gasteiger partial charge on any atom is -0.493 e. The molecule has 0 aliphatic carbocycles. The highest BCUT2D eigenvalue weighted by molar-refractivity contribution is 7.07. The van der Waals surface area contributed by atoms with Crippen molar-refractivity contribution in [2.45, 2.75) is 19.9 Å². The van der Waals surface area contributed by atoms with Gasteiger partial charge in [0.2, 0.25) is 0 Å². The molecular formula is C29H25N3O3S. The highest BCUT2D eigenvalue weighted by Crippen LogP contribution is 2.18. The normalized spacial score (nSPS) is 13.0. The van der Waals surface area contributed by atoms with E-state index in [1.165, 1.54) is 4.57 Å². The topological polar surface area (TPSA) is 84.1 Å². The first-order valence-electron chi connectivity index (χ1n) is 11.5. The molecule has 4 rings (SSSR count). The van der Waals surface area contributed by atoms with Gasteiger partial charge in [-0.3, -0.25) is 14.2 Å². The molecule has 0 bridgehead atoms. The monoisotopic (exact) mass is 495 g/mol. The van der Waals surface area contributed by atoms with E-state index < -0.39 is 5.91 Å². The van der Waals surface area contributed by atoms with Gasteiger partial charge in [0.05, 0.1) is 22.9 Å². The van der Waals surface area contributed by atoms with E-state index in [0.717, 1.165) is 22.5 Å². The third-order valence-corrected chi connectivity index (χ3v) is 6.64. The van der Waals surface area contributed by atoms with Crippen LogP contribution in [0.4, 0.5) is 0 Å². The van der Waals surface area contributed by atoms with E-state index in [1.807, 2.05) is 80.6 Å². The lowest BCUT2D eigenvalue weighted by Gasteiger charge is -2.13. The van der Waals surface area contributed by atoms with Crippen molar-refractivity contribution in [2.75, 3.05) is 6.61 Å². The van der Waals surface area contributed by atoms with Crippen molar-refractivity contribution in [2.24, 2.45) is 0 Å². The van der Waals surface area contributed by atoms with Crippen molar-refractivity contribution in [3.05, 3.63) is 116 Å². The van der Waals surface area contributed by atoms with E-state index >= 15 is 0 Å². The van der Waals surface area contributed by atoms with Gasteiger partial charge >= 0.3 is 0 Å². The lowest BCUT2D eigenvalue weighted by Crippen LogP contribution is -2.34. The molecule has 1 aromatic heterocycles. The Morgan fingerprint density at radius 1 is 1.06 bits per heavy atom. The predicted octanol–water partition coefficient (Wildman–Crippen LogP) is 3.68. The number of nitrogens with zero attached hydrogens (tertiary/aromatic N) is 2. The largest absolute Gasteiger partial charge is 0.493 e. The first-order chi connectivity index (χ1) is 17.5. The molecule has 0 saturated heterocycles. The van der Waals surface area contributed by atoms with E-state index in [4.69, 9.17) is 4.74 Å². The molecule has 0 saturated carbocycles. The molecule has 6 nitrogen and oxygen atoms in total. The quantitative estimate of drug-likeness (QED) is 0.424. The second-order valence-corrected chi connectivity index (χ2v) is 8.99. The molecule has 0 fully saturated rings. The summed E-state index contributed by atoms with van der Waals surface area (Å²) in [6.45, 7) is 4.23. The van der Waals surface area contributed by atoms with Crippen LogP contribution < -0.4 is 24.8 Å². The van der Waals surface area contributed by atoms with Gasteiger partial charge in [-0.1, -0.05) is 66.7 Å². The number of hydrogen-bond acceptors (Lipinski definition) is 5. The Morgan fingerprint density at radius 3 is 2.36 bits per heavy atom. The second-order valence-electron chi connectivity index (χ2n) is 7.96. The Morgan fingerprint density at radius 2 is 1.69 bits per heavy atom. The number of benzene rings is 3. The number of para-hydroxylation sites is 2. The van der Waals surface area contributed by atoms with E-state index in [-0.39, 0.29) is 21.8 Å². The zero-order valence-electron chi connectivity index (χ0n) is 20.0. The first kappa shape index (κ1) is 24.7. The van der Waals surface area contributed by atoms with E-state index in [2.05, 4.69) is 5.32 Å². The highest BCUT2D eigenvalue weighted by Gasteiger charge is 2.19. The van der Waals surface area contributed by atoms with Crippen molar-refractivity contribution in [1.82, 2.24) is 9.88 Å². The number of carbonyl (C=O) groups excluding carboxylic acids is 1. The molecule has 1 heterocycles. The van der Waals surface area contributed by atoms with Gasteiger partial charge in [0, 0.05) is 5.56 Å². The Bertz CT molecular complexity index is 1580. The van der Waals surface area contributed by atoms with Crippen molar-refractivity contribution < 1.29 is 9.53 Å². The standard InChI is InChI=1S/C29H25N3O3S/c1-3-35-25-17-11-10-14-22(25)18-26-28(34)32(23-15-8-5-9-16-23)29(36-26)24(19-30)27(33)31-20(2)21-12-6-4-7-13-21/h4-18,20H,3H2,1-2H3,(H,31,33)/b26-18+,29-24+. The Hall–Kier alpha value is -4.41. The highest BCUT2D eigenvalue weighted by atomic mass is 32.1. The van der Waals surface area contributed by atoms with Gasteiger partial charge in [0.1, 0.15) is 16.5 Å². The number of amides is 1. The molecule has 36 heavy (non-hydrogen) atoms. The molecule has 0 spiro atoms. The van der Waals surface area contributed by atoms with Crippen molar-refractivity contribution in [3.8, 4) is 17.5 Å². The Balaban J connectivity index is 1.91. The smallest absolute Gasteiger partial charge is 0.273 e. The number of nitrogens with one attached hydrogen (secondary N) is 1. The fraction of sp³-hybridized carbons (Fsp3) is 0.138. The summed E-state index contributed by atoms with van der Waals surface area (Å²) >= 11 is 1.11. The summed E-state index contributed by atoms with van der Waals surface area (Å²) in [5.74, 6) is 0.112. The molecular weight excluding hydrogens is 470 g/mol. The van der Waals surface area contributed by atoms with Gasteiger partial charge in [-0.05, 0) is 43.7 Å². The van der Waals surface area contributed by atoms with Crippen molar-refractivity contribution in [3.63, 3.8) is 0 Å². The number of rotatable bonds is 7. The average Bonchev–Trinajstić information content (AvgIpc) is 3.22. The van der Waals surface area contributed by atoms with Crippen LogP contribution in [0, 0.1) is 11.3 Å². The molecule has 0 radical (unpaired) electrons. The number of aromatic nitrogens is 1. The fourth-order valence-electron chi connectivity index (χ4n) is 3.78. The molecule has 1 amide bonds. The van der Waals surface area contributed by atoms with Crippen LogP contribution in [0.15, 0.2) is 89.7 Å². The van der Waals surface area contributed by atoms with E-state index in [0.29, 0.717) is 22.6 Å². The zero-order chi connectivity index (χ0) is 25.5. The van der Waals surface area contributed by atoms with Crippen LogP contribution >= 0.6 is 11.3 Å². The van der Waals surface area contributed by atoms with E-state index in [9.17, 15) is 14.9 Å². The van der Waals surface area contributed by atoms with Crippen LogP contribution in [-0.4, -0.2) is 17.1 Å². The average molecular weight is 496 g/mol. The fourth-order valence-corrected chi connectivity index (χ4v) is 4.87. The lowest BCUT2D eigenvalue weighted by atomic mass is 10.1. The predicted molar refractivity (Wildman–Crippen MR) is 142 cm³/mol. The Kier molecular flexibility index (Phi) is 7.79. The van der Waals surface area contributed by atoms with Crippen molar-refractivity contribution >= 4 is 28.9 Å². The van der Waals surface area contributed by atoms with Gasteiger partial charge in [-0.15, -0.1) is 11.3 Å². The van der Waals surface area contributed by atoms with Gasteiger partial charge in [-0.25, -0.2) is 0 Å². The molecule has 3 aromatic carbocycles. The number of nitriles is 1. The Labute approximate surface area is 213 Å². The molecule has 180 valence electrons. The summed E-state index contributed by atoms with van der Waals surface area (Å²) in [5.41, 5.74) is 1.79. The van der Waals surface area contributed by atoms with Crippen LogP contribution in [-0.2, 0) is 4.79 Å². The summed E-state index contributed by atoms with van der Waals surface area (Å²) in [6.07, 6.45) is 1.74. The molecule has 0 aliphatic heterocycles. The molecule has 4 aromatic rings. The van der Waals surface area contributed by atoms with Crippen LogP contribution in [0.1, 0.15) is 31.0 Å². The summed E-state index contributed by atoms with van der Waals surface area (Å²) < 4.78 is 7.78.